The van der Waals surface area contributed by atoms with Gasteiger partial charge in [-0.3, -0.25) is 14.5 Å². The Labute approximate surface area is 237 Å². The number of hydrogen-bond donors (Lipinski definition) is 1. The number of nitrogens with zero attached hydrogens (tertiary/aromatic N) is 2. The minimum atomic E-state index is -0.786. The molecule has 1 fully saturated rings. The van der Waals surface area contributed by atoms with Gasteiger partial charge in [0.1, 0.15) is 11.8 Å². The molecule has 0 spiro atoms. The van der Waals surface area contributed by atoms with E-state index in [1.54, 1.807) is 67.5 Å². The van der Waals surface area contributed by atoms with Crippen molar-refractivity contribution in [3.8, 4) is 5.75 Å². The van der Waals surface area contributed by atoms with Crippen molar-refractivity contribution in [1.29, 1.82) is 0 Å². The summed E-state index contributed by atoms with van der Waals surface area (Å²) in [5, 5.41) is 3.78. The molecule has 1 aliphatic heterocycles. The third-order valence-electron chi connectivity index (χ3n) is 6.26. The molecular weight excluding hydrogens is 538 g/mol. The number of amides is 2. The van der Waals surface area contributed by atoms with Gasteiger partial charge in [0.15, 0.2) is 5.11 Å². The minimum absolute atomic E-state index is 0.105. The number of anilines is 2. The van der Waals surface area contributed by atoms with E-state index in [1.165, 1.54) is 4.90 Å². The van der Waals surface area contributed by atoms with Crippen LogP contribution < -0.4 is 15.0 Å². The second-order valence-electron chi connectivity index (χ2n) is 8.79. The summed E-state index contributed by atoms with van der Waals surface area (Å²) in [5.74, 6) is -0.418. The molecule has 0 radical (unpaired) electrons. The molecule has 39 heavy (non-hydrogen) atoms. The van der Waals surface area contributed by atoms with Crippen molar-refractivity contribution in [3.63, 3.8) is 0 Å². The third kappa shape index (κ3) is 6.74. The molecule has 4 rings (SSSR count). The van der Waals surface area contributed by atoms with Gasteiger partial charge in [-0.1, -0.05) is 23.7 Å². The lowest BCUT2D eigenvalue weighted by molar-refractivity contribution is -0.124. The van der Waals surface area contributed by atoms with Crippen LogP contribution >= 0.6 is 23.8 Å². The van der Waals surface area contributed by atoms with Gasteiger partial charge in [-0.15, -0.1) is 0 Å². The number of nitrogens with one attached hydrogen (secondary N) is 1. The lowest BCUT2D eigenvalue weighted by atomic mass is 10.1. The second-order valence-corrected chi connectivity index (χ2v) is 9.59. The number of halogens is 1. The Morgan fingerprint density at radius 3 is 2.28 bits per heavy atom. The summed E-state index contributed by atoms with van der Waals surface area (Å²) in [6, 6.07) is 20.1. The molecule has 0 aromatic heterocycles. The molecule has 0 bridgehead atoms. The van der Waals surface area contributed by atoms with E-state index < -0.39 is 12.0 Å². The molecule has 1 aliphatic rings. The summed E-state index contributed by atoms with van der Waals surface area (Å²) < 4.78 is 10.2. The van der Waals surface area contributed by atoms with E-state index in [1.807, 2.05) is 24.3 Å². The van der Waals surface area contributed by atoms with Crippen molar-refractivity contribution in [2.45, 2.75) is 25.8 Å². The van der Waals surface area contributed by atoms with E-state index in [4.69, 9.17) is 33.3 Å². The molecule has 8 nitrogen and oxygen atoms in total. The van der Waals surface area contributed by atoms with E-state index in [0.29, 0.717) is 45.8 Å². The van der Waals surface area contributed by atoms with Gasteiger partial charge in [0.2, 0.25) is 5.91 Å². The van der Waals surface area contributed by atoms with Crippen LogP contribution in [-0.4, -0.2) is 54.1 Å². The maximum atomic E-state index is 13.6. The molecule has 1 saturated heterocycles. The monoisotopic (exact) mass is 565 g/mol. The topological polar surface area (TPSA) is 88.2 Å². The van der Waals surface area contributed by atoms with Gasteiger partial charge in [-0.05, 0) is 91.8 Å². The van der Waals surface area contributed by atoms with Gasteiger partial charge in [-0.25, -0.2) is 4.79 Å². The van der Waals surface area contributed by atoms with Crippen molar-refractivity contribution >= 4 is 58.1 Å². The largest absolute Gasteiger partial charge is 0.497 e. The number of ether oxygens (including phenoxy) is 2. The number of carbonyl (C=O) groups excluding carboxylic acids is 3. The van der Waals surface area contributed by atoms with Gasteiger partial charge < -0.3 is 19.7 Å². The van der Waals surface area contributed by atoms with Crippen LogP contribution in [-0.2, 0) is 20.7 Å². The zero-order chi connectivity index (χ0) is 27.9. The molecule has 202 valence electrons. The Hall–Kier alpha value is -3.95. The minimum Gasteiger partial charge on any atom is -0.497 e. The predicted molar refractivity (Wildman–Crippen MR) is 154 cm³/mol. The fourth-order valence-electron chi connectivity index (χ4n) is 4.25. The fourth-order valence-corrected chi connectivity index (χ4v) is 4.79. The van der Waals surface area contributed by atoms with Crippen molar-refractivity contribution in [3.05, 3.63) is 88.9 Å². The summed E-state index contributed by atoms with van der Waals surface area (Å²) in [5.41, 5.74) is 2.51. The van der Waals surface area contributed by atoms with Gasteiger partial charge in [0, 0.05) is 17.3 Å². The SMILES string of the molecule is CCOC(=O)c1ccc(NC(=O)C[C@@H]2C(=O)N(c3ccc(OC)cc3)C(=S)N2CCc2ccc(Cl)cc2)cc1. The molecule has 10 heteroatoms. The standard InChI is InChI=1S/C29H28ClN3O5S/c1-3-38-28(36)20-6-10-22(11-7-20)31-26(34)18-25-27(35)33(23-12-14-24(37-2)15-13-23)29(39)32(25)17-16-19-4-8-21(30)9-5-19/h4-15,25H,3,16-18H2,1-2H3,(H,31,34)/t25-/m1/s1. The zero-order valence-electron chi connectivity index (χ0n) is 21.6. The molecule has 0 aliphatic carbocycles. The first-order chi connectivity index (χ1) is 18.8. The summed E-state index contributed by atoms with van der Waals surface area (Å²) in [7, 11) is 1.57. The first-order valence-electron chi connectivity index (χ1n) is 12.4. The summed E-state index contributed by atoms with van der Waals surface area (Å²) in [6.45, 7) is 2.44. The molecule has 1 heterocycles. The average Bonchev–Trinajstić information content (AvgIpc) is 3.17. The van der Waals surface area contributed by atoms with E-state index in [0.717, 1.165) is 5.56 Å². The molecule has 0 unspecified atom stereocenters. The van der Waals surface area contributed by atoms with Gasteiger partial charge in [0.05, 0.1) is 31.4 Å². The number of hydrogen-bond acceptors (Lipinski definition) is 6. The summed E-state index contributed by atoms with van der Waals surface area (Å²) in [4.78, 5) is 41.8. The average molecular weight is 566 g/mol. The lowest BCUT2D eigenvalue weighted by Crippen LogP contribution is -2.39. The maximum absolute atomic E-state index is 13.6. The second kappa shape index (κ2) is 12.7. The number of benzene rings is 3. The third-order valence-corrected chi connectivity index (χ3v) is 6.93. The number of methoxy groups -OCH3 is 1. The van der Waals surface area contributed by atoms with Gasteiger partial charge in [-0.2, -0.15) is 0 Å². The molecule has 3 aromatic carbocycles. The Balaban J connectivity index is 1.51. The van der Waals surface area contributed by atoms with Crippen molar-refractivity contribution in [2.75, 3.05) is 30.5 Å². The summed E-state index contributed by atoms with van der Waals surface area (Å²) in [6.07, 6.45) is 0.500. The lowest BCUT2D eigenvalue weighted by Gasteiger charge is -2.24. The van der Waals surface area contributed by atoms with Gasteiger partial charge in [0.25, 0.3) is 5.91 Å². The highest BCUT2D eigenvalue weighted by Gasteiger charge is 2.43. The fraction of sp³-hybridized carbons (Fsp3) is 0.241. The highest BCUT2D eigenvalue weighted by atomic mass is 35.5. The number of carbonyl (C=O) groups is 3. The molecule has 2 amide bonds. The Kier molecular flexibility index (Phi) is 9.16. The molecule has 1 N–H and O–H groups in total. The van der Waals surface area contributed by atoms with Crippen molar-refractivity contribution in [1.82, 2.24) is 4.90 Å². The number of thiocarbonyl (C=S) groups is 1. The van der Waals surface area contributed by atoms with Crippen LogP contribution in [0.15, 0.2) is 72.8 Å². The van der Waals surface area contributed by atoms with Crippen molar-refractivity contribution in [2.24, 2.45) is 0 Å². The van der Waals surface area contributed by atoms with E-state index in [2.05, 4.69) is 5.32 Å². The van der Waals surface area contributed by atoms with Crippen LogP contribution in [0.3, 0.4) is 0 Å². The van der Waals surface area contributed by atoms with Crippen LogP contribution in [0.5, 0.6) is 5.75 Å². The first kappa shape index (κ1) is 28.1. The molecule has 1 atom stereocenters. The smallest absolute Gasteiger partial charge is 0.338 e. The van der Waals surface area contributed by atoms with Crippen LogP contribution in [0.25, 0.3) is 0 Å². The van der Waals surface area contributed by atoms with Crippen LogP contribution in [0.1, 0.15) is 29.3 Å². The molecule has 3 aromatic rings. The predicted octanol–water partition coefficient (Wildman–Crippen LogP) is 5.10. The van der Waals surface area contributed by atoms with E-state index in [-0.39, 0.29) is 24.8 Å². The zero-order valence-corrected chi connectivity index (χ0v) is 23.1. The molecular formula is C29H28ClN3O5S. The highest BCUT2D eigenvalue weighted by molar-refractivity contribution is 7.80. The Bertz CT molecular complexity index is 1350. The van der Waals surface area contributed by atoms with Crippen LogP contribution in [0.2, 0.25) is 5.02 Å². The summed E-state index contributed by atoms with van der Waals surface area (Å²) >= 11 is 11.8. The van der Waals surface area contributed by atoms with Crippen molar-refractivity contribution < 1.29 is 23.9 Å². The van der Waals surface area contributed by atoms with Gasteiger partial charge >= 0.3 is 5.97 Å². The number of rotatable bonds is 10. The van der Waals surface area contributed by atoms with E-state index >= 15 is 0 Å². The normalized spacial score (nSPS) is 14.9. The Morgan fingerprint density at radius 2 is 1.67 bits per heavy atom. The first-order valence-corrected chi connectivity index (χ1v) is 13.2. The van der Waals surface area contributed by atoms with Crippen LogP contribution in [0.4, 0.5) is 11.4 Å². The van der Waals surface area contributed by atoms with Crippen LogP contribution in [0, 0.1) is 0 Å². The maximum Gasteiger partial charge on any atom is 0.338 e. The quantitative estimate of drug-likeness (QED) is 0.270. The Morgan fingerprint density at radius 1 is 1.00 bits per heavy atom. The number of esters is 1. The highest BCUT2D eigenvalue weighted by Crippen LogP contribution is 2.29. The van der Waals surface area contributed by atoms with E-state index in [9.17, 15) is 14.4 Å². The molecule has 0 saturated carbocycles.